The molecule has 0 saturated heterocycles. The summed E-state index contributed by atoms with van der Waals surface area (Å²) in [6.07, 6.45) is 4.16. The standard InChI is InChI=1S/C28H33N3O4/c1-4-10-21(28(34)31-35)22(15-18(2)3)27(33)30-25(16-19-11-6-5-7-12-19)26(32)23-17-29-24-14-9-8-13-20(23)24/h4-9,11-14,17-18,21-22,25,29,35H,1,10,15-16H2,2-3H3,(H,30,33)(H,31,34)/t21-,22+,25?/m0/s1. The number of rotatable bonds is 12. The first-order valence-electron chi connectivity index (χ1n) is 11.8. The number of hydrogen-bond acceptors (Lipinski definition) is 4. The lowest BCUT2D eigenvalue weighted by Gasteiger charge is -2.28. The highest BCUT2D eigenvalue weighted by atomic mass is 16.5. The van der Waals surface area contributed by atoms with E-state index in [2.05, 4.69) is 16.9 Å². The molecule has 0 spiro atoms. The van der Waals surface area contributed by atoms with E-state index in [0.717, 1.165) is 16.5 Å². The molecule has 0 aliphatic heterocycles. The predicted molar refractivity (Wildman–Crippen MR) is 136 cm³/mol. The Labute approximate surface area is 205 Å². The Morgan fingerprint density at radius 3 is 2.34 bits per heavy atom. The summed E-state index contributed by atoms with van der Waals surface area (Å²) in [6, 6.07) is 16.2. The number of carbonyl (C=O) groups is 3. The van der Waals surface area contributed by atoms with Gasteiger partial charge in [0.1, 0.15) is 0 Å². The Morgan fingerprint density at radius 1 is 1.00 bits per heavy atom. The molecule has 0 aliphatic rings. The molecule has 0 saturated carbocycles. The minimum absolute atomic E-state index is 0.112. The van der Waals surface area contributed by atoms with Crippen molar-refractivity contribution >= 4 is 28.5 Å². The largest absolute Gasteiger partial charge is 0.360 e. The number of carbonyl (C=O) groups excluding carboxylic acids is 3. The molecule has 0 aliphatic carbocycles. The monoisotopic (exact) mass is 475 g/mol. The molecule has 2 aromatic carbocycles. The van der Waals surface area contributed by atoms with Crippen LogP contribution in [0.1, 0.15) is 42.6 Å². The van der Waals surface area contributed by atoms with Gasteiger partial charge in [-0.05, 0) is 30.4 Å². The number of benzene rings is 2. The van der Waals surface area contributed by atoms with E-state index >= 15 is 0 Å². The Hall–Kier alpha value is -3.71. The highest BCUT2D eigenvalue weighted by Crippen LogP contribution is 2.26. The highest BCUT2D eigenvalue weighted by Gasteiger charge is 2.35. The summed E-state index contributed by atoms with van der Waals surface area (Å²) >= 11 is 0. The molecule has 4 N–H and O–H groups in total. The number of hydroxylamine groups is 1. The molecule has 0 bridgehead atoms. The fraction of sp³-hybridized carbons (Fsp3) is 0.321. The van der Waals surface area contributed by atoms with Crippen LogP contribution in [0.25, 0.3) is 10.9 Å². The SMILES string of the molecule is C=CC[C@H](C(=O)NO)[C@@H](CC(C)C)C(=O)NC(Cc1ccccc1)C(=O)c1c[nH]c2ccccc12. The Kier molecular flexibility index (Phi) is 8.98. The number of hydrogen-bond donors (Lipinski definition) is 4. The Balaban J connectivity index is 1.95. The molecule has 7 heteroatoms. The van der Waals surface area contributed by atoms with Crippen molar-refractivity contribution < 1.29 is 19.6 Å². The van der Waals surface area contributed by atoms with Crippen LogP contribution in [0.5, 0.6) is 0 Å². The van der Waals surface area contributed by atoms with Crippen LogP contribution in [0, 0.1) is 17.8 Å². The van der Waals surface area contributed by atoms with Crippen LogP contribution in [-0.4, -0.2) is 33.8 Å². The van der Waals surface area contributed by atoms with Crippen molar-refractivity contribution in [3.8, 4) is 0 Å². The topological polar surface area (TPSA) is 111 Å². The zero-order valence-electron chi connectivity index (χ0n) is 20.2. The summed E-state index contributed by atoms with van der Waals surface area (Å²) in [7, 11) is 0. The molecule has 1 heterocycles. The van der Waals surface area contributed by atoms with E-state index in [1.165, 1.54) is 0 Å². The average molecular weight is 476 g/mol. The number of allylic oxidation sites excluding steroid dienone is 1. The second kappa shape index (κ2) is 12.1. The molecule has 3 rings (SSSR count). The molecule has 1 aromatic heterocycles. The van der Waals surface area contributed by atoms with Crippen molar-refractivity contribution in [3.05, 3.63) is 84.6 Å². The maximum Gasteiger partial charge on any atom is 0.247 e. The number of para-hydroxylation sites is 1. The zero-order valence-corrected chi connectivity index (χ0v) is 20.2. The quantitative estimate of drug-likeness (QED) is 0.134. The number of amides is 2. The zero-order chi connectivity index (χ0) is 25.4. The van der Waals surface area contributed by atoms with Gasteiger partial charge in [0.2, 0.25) is 11.8 Å². The van der Waals surface area contributed by atoms with Gasteiger partial charge in [-0.1, -0.05) is 68.5 Å². The Morgan fingerprint density at radius 2 is 1.69 bits per heavy atom. The van der Waals surface area contributed by atoms with Gasteiger partial charge in [-0.25, -0.2) is 5.48 Å². The fourth-order valence-corrected chi connectivity index (χ4v) is 4.48. The van der Waals surface area contributed by atoms with Crippen molar-refractivity contribution in [2.45, 2.75) is 39.2 Å². The second-order valence-electron chi connectivity index (χ2n) is 9.21. The number of ketones is 1. The third-order valence-electron chi connectivity index (χ3n) is 6.19. The molecule has 1 unspecified atom stereocenters. The van der Waals surface area contributed by atoms with Crippen LogP contribution >= 0.6 is 0 Å². The molecule has 0 radical (unpaired) electrons. The number of fused-ring (bicyclic) bond motifs is 1. The molecular formula is C28H33N3O4. The lowest BCUT2D eigenvalue weighted by Crippen LogP contribution is -2.48. The molecule has 7 nitrogen and oxygen atoms in total. The number of nitrogens with one attached hydrogen (secondary N) is 3. The summed E-state index contributed by atoms with van der Waals surface area (Å²) in [5.74, 6) is -2.69. The van der Waals surface area contributed by atoms with Gasteiger partial charge >= 0.3 is 0 Å². The van der Waals surface area contributed by atoms with E-state index in [4.69, 9.17) is 0 Å². The third-order valence-corrected chi connectivity index (χ3v) is 6.19. The maximum atomic E-state index is 13.7. The summed E-state index contributed by atoms with van der Waals surface area (Å²) in [4.78, 5) is 42.8. The summed E-state index contributed by atoms with van der Waals surface area (Å²) < 4.78 is 0. The first kappa shape index (κ1) is 25.9. The smallest absolute Gasteiger partial charge is 0.247 e. The molecule has 2 amide bonds. The van der Waals surface area contributed by atoms with E-state index in [-0.39, 0.29) is 18.1 Å². The van der Waals surface area contributed by atoms with Gasteiger partial charge in [0.15, 0.2) is 5.78 Å². The molecule has 3 aromatic rings. The van der Waals surface area contributed by atoms with Gasteiger partial charge in [-0.2, -0.15) is 0 Å². The average Bonchev–Trinajstić information content (AvgIpc) is 3.29. The van der Waals surface area contributed by atoms with Crippen LogP contribution in [-0.2, 0) is 16.0 Å². The third kappa shape index (κ3) is 6.45. The van der Waals surface area contributed by atoms with Crippen molar-refractivity contribution in [1.29, 1.82) is 0 Å². The number of aromatic amines is 1. The number of H-pyrrole nitrogens is 1. The van der Waals surface area contributed by atoms with Crippen LogP contribution in [0.3, 0.4) is 0 Å². The van der Waals surface area contributed by atoms with Gasteiger partial charge in [-0.3, -0.25) is 19.6 Å². The van der Waals surface area contributed by atoms with Gasteiger partial charge in [0.25, 0.3) is 0 Å². The van der Waals surface area contributed by atoms with Crippen LogP contribution in [0.2, 0.25) is 0 Å². The first-order chi connectivity index (χ1) is 16.8. The summed E-state index contributed by atoms with van der Waals surface area (Å²) in [5.41, 5.74) is 3.92. The van der Waals surface area contributed by atoms with E-state index in [1.807, 2.05) is 68.4 Å². The van der Waals surface area contributed by atoms with Crippen LogP contribution < -0.4 is 10.8 Å². The van der Waals surface area contributed by atoms with Crippen molar-refractivity contribution in [2.75, 3.05) is 0 Å². The number of Topliss-reactive ketones (excluding diaryl/α,β-unsaturated/α-hetero) is 1. The summed E-state index contributed by atoms with van der Waals surface area (Å²) in [5, 5.41) is 13.0. The van der Waals surface area contributed by atoms with Gasteiger partial charge in [0.05, 0.1) is 17.9 Å². The van der Waals surface area contributed by atoms with Gasteiger partial charge in [0, 0.05) is 29.1 Å². The molecule has 184 valence electrons. The normalized spacial score (nSPS) is 13.7. The fourth-order valence-electron chi connectivity index (χ4n) is 4.48. The number of aromatic nitrogens is 1. The maximum absolute atomic E-state index is 13.7. The van der Waals surface area contributed by atoms with E-state index in [9.17, 15) is 19.6 Å². The van der Waals surface area contributed by atoms with Crippen molar-refractivity contribution in [2.24, 2.45) is 17.8 Å². The molecular weight excluding hydrogens is 442 g/mol. The highest BCUT2D eigenvalue weighted by molar-refractivity contribution is 6.11. The lowest BCUT2D eigenvalue weighted by atomic mass is 9.81. The van der Waals surface area contributed by atoms with Crippen molar-refractivity contribution in [1.82, 2.24) is 15.8 Å². The predicted octanol–water partition coefficient (Wildman–Crippen LogP) is 4.44. The summed E-state index contributed by atoms with van der Waals surface area (Å²) in [6.45, 7) is 7.61. The van der Waals surface area contributed by atoms with Crippen LogP contribution in [0.4, 0.5) is 0 Å². The second-order valence-corrected chi connectivity index (χ2v) is 9.21. The molecule has 0 fully saturated rings. The van der Waals surface area contributed by atoms with E-state index in [0.29, 0.717) is 18.4 Å². The lowest BCUT2D eigenvalue weighted by molar-refractivity contribution is -0.140. The minimum atomic E-state index is -0.833. The van der Waals surface area contributed by atoms with Gasteiger partial charge in [-0.15, -0.1) is 6.58 Å². The van der Waals surface area contributed by atoms with Gasteiger partial charge < -0.3 is 10.3 Å². The van der Waals surface area contributed by atoms with E-state index < -0.39 is 29.7 Å². The van der Waals surface area contributed by atoms with Crippen LogP contribution in [0.15, 0.2) is 73.4 Å². The van der Waals surface area contributed by atoms with E-state index in [1.54, 1.807) is 17.8 Å². The molecule has 35 heavy (non-hydrogen) atoms. The first-order valence-corrected chi connectivity index (χ1v) is 11.8. The van der Waals surface area contributed by atoms with Crippen molar-refractivity contribution in [3.63, 3.8) is 0 Å². The minimum Gasteiger partial charge on any atom is -0.360 e. The molecule has 3 atom stereocenters. The Bertz CT molecular complexity index is 1170.